The first-order valence-electron chi connectivity index (χ1n) is 12.6. The van der Waals surface area contributed by atoms with Gasteiger partial charge in [0.15, 0.2) is 0 Å². The van der Waals surface area contributed by atoms with Crippen molar-refractivity contribution in [1.82, 2.24) is 4.90 Å². The summed E-state index contributed by atoms with van der Waals surface area (Å²) in [6.07, 6.45) is 8.57. The molecule has 4 bridgehead atoms. The number of hydrogen-bond acceptors (Lipinski definition) is 4. The van der Waals surface area contributed by atoms with Gasteiger partial charge < -0.3 is 15.1 Å². The summed E-state index contributed by atoms with van der Waals surface area (Å²) in [7, 11) is 0. The van der Waals surface area contributed by atoms with Crippen LogP contribution in [0.15, 0.2) is 35.7 Å². The molecule has 0 atom stereocenters. The number of halogens is 1. The third-order valence-corrected chi connectivity index (χ3v) is 9.73. The molecule has 0 spiro atoms. The Balaban J connectivity index is 1.05. The molecule has 4 aliphatic carbocycles. The molecule has 2 aromatic rings. The van der Waals surface area contributed by atoms with Gasteiger partial charge in [-0.1, -0.05) is 17.7 Å². The summed E-state index contributed by atoms with van der Waals surface area (Å²) in [5, 5.41) is 5.71. The molecule has 1 aliphatic heterocycles. The van der Waals surface area contributed by atoms with Crippen molar-refractivity contribution < 1.29 is 9.59 Å². The fraction of sp³-hybridized carbons (Fsp3) is 0.556. The summed E-state index contributed by atoms with van der Waals surface area (Å²) in [5.41, 5.74) is 1.97. The van der Waals surface area contributed by atoms with Gasteiger partial charge in [-0.3, -0.25) is 9.59 Å². The van der Waals surface area contributed by atoms with E-state index in [1.54, 1.807) is 0 Å². The van der Waals surface area contributed by atoms with Gasteiger partial charge in [-0.05, 0) is 91.3 Å². The van der Waals surface area contributed by atoms with Crippen molar-refractivity contribution in [3.05, 3.63) is 45.6 Å². The number of hydrogen-bond donors (Lipinski definition) is 1. The van der Waals surface area contributed by atoms with Crippen molar-refractivity contribution in [2.45, 2.75) is 44.9 Å². The predicted molar refractivity (Wildman–Crippen MR) is 138 cm³/mol. The molecular formula is C27H32ClN3O2S. The second-order valence-electron chi connectivity index (χ2n) is 11.1. The summed E-state index contributed by atoms with van der Waals surface area (Å²) in [6, 6.07) is 9.63. The quantitative estimate of drug-likeness (QED) is 0.558. The number of amides is 2. The van der Waals surface area contributed by atoms with Crippen LogP contribution < -0.4 is 10.2 Å². The maximum Gasteiger partial charge on any atom is 0.264 e. The maximum absolute atomic E-state index is 13.0. The summed E-state index contributed by atoms with van der Waals surface area (Å²) in [6.45, 7) is 2.84. The summed E-state index contributed by atoms with van der Waals surface area (Å²) in [4.78, 5) is 30.5. The minimum atomic E-state index is 0.109. The number of carbonyl (C=O) groups excluding carboxylic acids is 2. The van der Waals surface area contributed by atoms with Crippen LogP contribution in [-0.2, 0) is 4.79 Å². The molecule has 5 nitrogen and oxygen atoms in total. The second-order valence-corrected chi connectivity index (χ2v) is 12.4. The minimum absolute atomic E-state index is 0.109. The molecule has 4 saturated carbocycles. The minimum Gasteiger partial charge on any atom is -0.367 e. The highest BCUT2D eigenvalue weighted by atomic mass is 35.5. The molecular weight excluding hydrogens is 466 g/mol. The monoisotopic (exact) mass is 497 g/mol. The van der Waals surface area contributed by atoms with Crippen LogP contribution in [0.3, 0.4) is 0 Å². The number of rotatable bonds is 5. The lowest BCUT2D eigenvalue weighted by molar-refractivity contribution is -0.124. The Labute approximate surface area is 210 Å². The average molecular weight is 498 g/mol. The number of anilines is 2. The van der Waals surface area contributed by atoms with Crippen LogP contribution in [0.2, 0.25) is 5.02 Å². The Kier molecular flexibility index (Phi) is 5.85. The van der Waals surface area contributed by atoms with Crippen molar-refractivity contribution >= 4 is 46.1 Å². The maximum atomic E-state index is 13.0. The van der Waals surface area contributed by atoms with Crippen molar-refractivity contribution in [2.75, 3.05) is 36.4 Å². The van der Waals surface area contributed by atoms with Gasteiger partial charge in [0.1, 0.15) is 0 Å². The highest BCUT2D eigenvalue weighted by Crippen LogP contribution is 2.61. The molecule has 1 aromatic carbocycles. The lowest BCUT2D eigenvalue weighted by Crippen LogP contribution is -2.48. The number of benzene rings is 1. The Hall–Kier alpha value is -2.05. The topological polar surface area (TPSA) is 52.7 Å². The van der Waals surface area contributed by atoms with E-state index in [2.05, 4.69) is 10.2 Å². The highest BCUT2D eigenvalue weighted by Gasteiger charge is 2.51. The van der Waals surface area contributed by atoms with E-state index in [0.29, 0.717) is 24.5 Å². The standard InChI is InChI=1S/C27H32ClN3O2S/c28-22-13-21(29-25(32)17-27-14-18-10-19(15-27)12-20(11-18)16-27)3-4-23(22)30-5-7-31(8-6-30)26(33)24-2-1-9-34-24/h1-4,9,13,18-20H,5-8,10-12,14-17H2,(H,29,32). The predicted octanol–water partition coefficient (Wildman–Crippen LogP) is 5.91. The fourth-order valence-corrected chi connectivity index (χ4v) is 8.59. The SMILES string of the molecule is O=C(CC12CC3CC(CC(C3)C1)C2)Nc1ccc(N2CCN(C(=O)c3cccs3)CC2)c(Cl)c1. The number of piperazine rings is 1. The van der Waals surface area contributed by atoms with E-state index in [9.17, 15) is 9.59 Å². The van der Waals surface area contributed by atoms with Crippen LogP contribution in [0.5, 0.6) is 0 Å². The second kappa shape index (κ2) is 8.87. The molecule has 180 valence electrons. The first kappa shape index (κ1) is 22.4. The van der Waals surface area contributed by atoms with E-state index in [1.165, 1.54) is 49.9 Å². The van der Waals surface area contributed by atoms with Gasteiger partial charge in [0.2, 0.25) is 5.91 Å². The molecule has 7 rings (SSSR count). The van der Waals surface area contributed by atoms with E-state index in [-0.39, 0.29) is 17.2 Å². The van der Waals surface area contributed by atoms with E-state index < -0.39 is 0 Å². The Morgan fingerprint density at radius 2 is 1.68 bits per heavy atom. The lowest BCUT2D eigenvalue weighted by Gasteiger charge is -2.56. The molecule has 1 N–H and O–H groups in total. The molecule has 1 saturated heterocycles. The van der Waals surface area contributed by atoms with Crippen LogP contribution in [0.25, 0.3) is 0 Å². The summed E-state index contributed by atoms with van der Waals surface area (Å²) >= 11 is 8.14. The van der Waals surface area contributed by atoms with Gasteiger partial charge in [-0.2, -0.15) is 0 Å². The smallest absolute Gasteiger partial charge is 0.264 e. The third kappa shape index (κ3) is 4.35. The van der Waals surface area contributed by atoms with Crippen LogP contribution >= 0.6 is 22.9 Å². The third-order valence-electron chi connectivity index (χ3n) is 8.57. The van der Waals surface area contributed by atoms with Crippen molar-refractivity contribution in [1.29, 1.82) is 0 Å². The van der Waals surface area contributed by atoms with Gasteiger partial charge >= 0.3 is 0 Å². The highest BCUT2D eigenvalue weighted by molar-refractivity contribution is 7.12. The number of carbonyl (C=O) groups is 2. The fourth-order valence-electron chi connectivity index (χ4n) is 7.60. The molecule has 2 amide bonds. The number of thiophene rings is 1. The van der Waals surface area contributed by atoms with E-state index in [0.717, 1.165) is 47.1 Å². The molecule has 1 aromatic heterocycles. The Morgan fingerprint density at radius 3 is 2.26 bits per heavy atom. The zero-order chi connectivity index (χ0) is 23.3. The van der Waals surface area contributed by atoms with Gasteiger partial charge in [0.05, 0.1) is 15.6 Å². The average Bonchev–Trinajstić information content (AvgIpc) is 3.32. The molecule has 5 aliphatic rings. The molecule has 34 heavy (non-hydrogen) atoms. The molecule has 5 fully saturated rings. The summed E-state index contributed by atoms with van der Waals surface area (Å²) < 4.78 is 0. The Morgan fingerprint density at radius 1 is 1.00 bits per heavy atom. The molecule has 7 heteroatoms. The summed E-state index contributed by atoms with van der Waals surface area (Å²) in [5.74, 6) is 2.81. The van der Waals surface area contributed by atoms with E-state index in [4.69, 9.17) is 11.6 Å². The van der Waals surface area contributed by atoms with Crippen LogP contribution in [0.4, 0.5) is 11.4 Å². The normalized spacial score (nSPS) is 30.0. The molecule has 0 radical (unpaired) electrons. The van der Waals surface area contributed by atoms with E-state index in [1.807, 2.05) is 40.6 Å². The van der Waals surface area contributed by atoms with Gasteiger partial charge in [-0.25, -0.2) is 0 Å². The van der Waals surface area contributed by atoms with Crippen LogP contribution in [0.1, 0.15) is 54.6 Å². The van der Waals surface area contributed by atoms with Crippen molar-refractivity contribution in [3.63, 3.8) is 0 Å². The molecule has 2 heterocycles. The zero-order valence-electron chi connectivity index (χ0n) is 19.5. The number of nitrogens with zero attached hydrogens (tertiary/aromatic N) is 2. The largest absolute Gasteiger partial charge is 0.367 e. The van der Waals surface area contributed by atoms with Crippen molar-refractivity contribution in [3.8, 4) is 0 Å². The van der Waals surface area contributed by atoms with Gasteiger partial charge in [-0.15, -0.1) is 11.3 Å². The lowest BCUT2D eigenvalue weighted by atomic mass is 9.49. The van der Waals surface area contributed by atoms with Crippen LogP contribution in [-0.4, -0.2) is 42.9 Å². The Bertz CT molecular complexity index is 1040. The van der Waals surface area contributed by atoms with Gasteiger partial charge in [0.25, 0.3) is 5.91 Å². The van der Waals surface area contributed by atoms with Crippen LogP contribution in [0, 0.1) is 23.2 Å². The van der Waals surface area contributed by atoms with Crippen molar-refractivity contribution in [2.24, 2.45) is 23.2 Å². The zero-order valence-corrected chi connectivity index (χ0v) is 21.0. The first-order chi connectivity index (χ1) is 16.5. The van der Waals surface area contributed by atoms with E-state index >= 15 is 0 Å². The molecule has 0 unspecified atom stereocenters. The van der Waals surface area contributed by atoms with Gasteiger partial charge in [0, 0.05) is 38.3 Å². The first-order valence-corrected chi connectivity index (χ1v) is 13.9. The number of nitrogens with one attached hydrogen (secondary N) is 1.